The van der Waals surface area contributed by atoms with E-state index in [9.17, 15) is 4.79 Å². The Bertz CT molecular complexity index is 418. The number of carbonyl (C=O) groups excluding carboxylic acids is 1. The smallest absolute Gasteiger partial charge is 0.251 e. The van der Waals surface area contributed by atoms with E-state index in [2.05, 4.69) is 17.1 Å². The van der Waals surface area contributed by atoms with Gasteiger partial charge in [-0.1, -0.05) is 19.1 Å². The quantitative estimate of drug-likeness (QED) is 0.806. The van der Waals surface area contributed by atoms with Crippen molar-refractivity contribution in [2.75, 3.05) is 19.6 Å². The summed E-state index contributed by atoms with van der Waals surface area (Å²) in [5.41, 5.74) is 7.28. The summed E-state index contributed by atoms with van der Waals surface area (Å²) in [5, 5.41) is 2.97. The fraction of sp³-hybridized carbons (Fsp3) is 0.533. The van der Waals surface area contributed by atoms with E-state index in [0.29, 0.717) is 18.7 Å². The zero-order valence-corrected chi connectivity index (χ0v) is 12.8. The third-order valence-corrected chi connectivity index (χ3v) is 3.61. The van der Waals surface area contributed by atoms with Crippen LogP contribution in [-0.2, 0) is 6.54 Å². The maximum atomic E-state index is 11.9. The summed E-state index contributed by atoms with van der Waals surface area (Å²) in [7, 11) is 0. The van der Waals surface area contributed by atoms with Crippen molar-refractivity contribution in [1.29, 1.82) is 0 Å². The van der Waals surface area contributed by atoms with E-state index in [4.69, 9.17) is 5.73 Å². The van der Waals surface area contributed by atoms with Gasteiger partial charge in [0.2, 0.25) is 0 Å². The highest BCUT2D eigenvalue weighted by molar-refractivity contribution is 5.94. The number of likely N-dealkylation sites (N-methyl/N-ethyl adjacent to an activating group) is 1. The molecule has 1 fully saturated rings. The largest absolute Gasteiger partial charge is 0.351 e. The van der Waals surface area contributed by atoms with Gasteiger partial charge in [-0.3, -0.25) is 9.69 Å². The summed E-state index contributed by atoms with van der Waals surface area (Å²) in [4.78, 5) is 14.4. The number of nitrogens with zero attached hydrogens (tertiary/aromatic N) is 1. The molecule has 1 saturated carbocycles. The lowest BCUT2D eigenvalue weighted by atomic mass is 10.1. The van der Waals surface area contributed by atoms with E-state index in [1.807, 2.05) is 24.3 Å². The molecule has 1 aromatic rings. The molecule has 1 aromatic carbocycles. The molecule has 1 amide bonds. The molecule has 2 rings (SSSR count). The average molecular weight is 298 g/mol. The summed E-state index contributed by atoms with van der Waals surface area (Å²) in [5.74, 6) is -0.00424. The lowest BCUT2D eigenvalue weighted by Crippen LogP contribution is -2.36. The van der Waals surface area contributed by atoms with Crippen LogP contribution in [0.3, 0.4) is 0 Å². The normalized spacial score (nSPS) is 13.9. The molecule has 112 valence electrons. The molecule has 4 nitrogen and oxygen atoms in total. The van der Waals surface area contributed by atoms with Crippen LogP contribution in [0.2, 0.25) is 0 Å². The Labute approximate surface area is 127 Å². The molecule has 0 aliphatic heterocycles. The molecule has 0 radical (unpaired) electrons. The van der Waals surface area contributed by atoms with Crippen LogP contribution in [0.4, 0.5) is 0 Å². The van der Waals surface area contributed by atoms with Crippen molar-refractivity contribution < 1.29 is 4.79 Å². The molecule has 0 unspecified atom stereocenters. The van der Waals surface area contributed by atoms with Crippen LogP contribution in [0.1, 0.15) is 35.7 Å². The first-order valence-corrected chi connectivity index (χ1v) is 7.06. The molecule has 3 N–H and O–H groups in total. The zero-order valence-electron chi connectivity index (χ0n) is 12.0. The highest BCUT2D eigenvalue weighted by atomic mass is 35.5. The number of hydrogen-bond acceptors (Lipinski definition) is 3. The van der Waals surface area contributed by atoms with Gasteiger partial charge in [0, 0.05) is 31.2 Å². The Morgan fingerprint density at radius 3 is 2.50 bits per heavy atom. The van der Waals surface area contributed by atoms with Crippen molar-refractivity contribution in [3.8, 4) is 0 Å². The number of nitrogens with two attached hydrogens (primary N) is 1. The number of nitrogens with one attached hydrogen (secondary N) is 1. The standard InChI is InChI=1S/C15H23N3O.ClH/c1-2-18(14-7-8-14)10-9-17-15(19)13-5-3-12(11-16)4-6-13;/h3-6,14H,2,7-11,16H2,1H3,(H,17,19);1H. The lowest BCUT2D eigenvalue weighted by Gasteiger charge is -2.19. The molecule has 0 spiro atoms. The van der Waals surface area contributed by atoms with Crippen molar-refractivity contribution in [1.82, 2.24) is 10.2 Å². The third kappa shape index (κ3) is 4.78. The Morgan fingerprint density at radius 1 is 1.35 bits per heavy atom. The summed E-state index contributed by atoms with van der Waals surface area (Å²) in [6, 6.07) is 8.21. The van der Waals surface area contributed by atoms with Gasteiger partial charge in [-0.05, 0) is 37.1 Å². The van der Waals surface area contributed by atoms with E-state index in [1.165, 1.54) is 12.8 Å². The van der Waals surface area contributed by atoms with Crippen molar-refractivity contribution >= 4 is 18.3 Å². The Morgan fingerprint density at radius 2 is 2.00 bits per heavy atom. The predicted octanol–water partition coefficient (Wildman–Crippen LogP) is 1.78. The number of carbonyl (C=O) groups is 1. The molecular formula is C15H24ClN3O. The van der Waals surface area contributed by atoms with E-state index in [1.54, 1.807) is 0 Å². The van der Waals surface area contributed by atoms with Gasteiger partial charge in [-0.15, -0.1) is 12.4 Å². The van der Waals surface area contributed by atoms with Gasteiger partial charge in [-0.2, -0.15) is 0 Å². The molecular weight excluding hydrogens is 274 g/mol. The topological polar surface area (TPSA) is 58.4 Å². The Hall–Kier alpha value is -1.10. The van der Waals surface area contributed by atoms with Crippen LogP contribution in [0, 0.1) is 0 Å². The number of rotatable bonds is 7. The molecule has 1 aliphatic rings. The van der Waals surface area contributed by atoms with Crippen molar-refractivity contribution in [3.05, 3.63) is 35.4 Å². The third-order valence-electron chi connectivity index (χ3n) is 3.61. The second-order valence-electron chi connectivity index (χ2n) is 5.02. The first-order valence-electron chi connectivity index (χ1n) is 7.06. The number of amides is 1. The second kappa shape index (κ2) is 8.25. The molecule has 0 bridgehead atoms. The molecule has 5 heteroatoms. The summed E-state index contributed by atoms with van der Waals surface area (Å²) >= 11 is 0. The zero-order chi connectivity index (χ0) is 13.7. The summed E-state index contributed by atoms with van der Waals surface area (Å²) in [6.07, 6.45) is 2.62. The van der Waals surface area contributed by atoms with Gasteiger partial charge in [0.25, 0.3) is 5.91 Å². The minimum atomic E-state index is -0.00424. The van der Waals surface area contributed by atoms with Crippen LogP contribution in [0.5, 0.6) is 0 Å². The van der Waals surface area contributed by atoms with Gasteiger partial charge in [-0.25, -0.2) is 0 Å². The van der Waals surface area contributed by atoms with Gasteiger partial charge in [0.05, 0.1) is 0 Å². The maximum absolute atomic E-state index is 11.9. The van der Waals surface area contributed by atoms with Crippen molar-refractivity contribution in [3.63, 3.8) is 0 Å². The molecule has 0 aromatic heterocycles. The molecule has 0 heterocycles. The fourth-order valence-corrected chi connectivity index (χ4v) is 2.25. The Balaban J connectivity index is 0.00000200. The van der Waals surface area contributed by atoms with E-state index in [0.717, 1.165) is 24.7 Å². The maximum Gasteiger partial charge on any atom is 0.251 e. The van der Waals surface area contributed by atoms with E-state index >= 15 is 0 Å². The fourth-order valence-electron chi connectivity index (χ4n) is 2.25. The lowest BCUT2D eigenvalue weighted by molar-refractivity contribution is 0.0948. The molecule has 1 aliphatic carbocycles. The molecule has 0 saturated heterocycles. The van der Waals surface area contributed by atoms with Crippen molar-refractivity contribution in [2.45, 2.75) is 32.4 Å². The average Bonchev–Trinajstić information content (AvgIpc) is 3.28. The van der Waals surface area contributed by atoms with Gasteiger partial charge >= 0.3 is 0 Å². The summed E-state index contributed by atoms with van der Waals surface area (Å²) < 4.78 is 0. The second-order valence-corrected chi connectivity index (χ2v) is 5.02. The Kier molecular flexibility index (Phi) is 6.99. The monoisotopic (exact) mass is 297 g/mol. The van der Waals surface area contributed by atoms with Gasteiger partial charge < -0.3 is 11.1 Å². The highest BCUT2D eigenvalue weighted by Gasteiger charge is 2.27. The SMILES string of the molecule is CCN(CCNC(=O)c1ccc(CN)cc1)C1CC1.Cl. The van der Waals surface area contributed by atoms with Gasteiger partial charge in [0.1, 0.15) is 0 Å². The summed E-state index contributed by atoms with van der Waals surface area (Å²) in [6.45, 7) is 5.39. The van der Waals surface area contributed by atoms with Crippen LogP contribution >= 0.6 is 12.4 Å². The van der Waals surface area contributed by atoms with Crippen molar-refractivity contribution in [2.24, 2.45) is 5.73 Å². The first kappa shape index (κ1) is 17.0. The number of benzene rings is 1. The van der Waals surface area contributed by atoms with Crippen LogP contribution in [-0.4, -0.2) is 36.5 Å². The van der Waals surface area contributed by atoms with E-state index in [-0.39, 0.29) is 18.3 Å². The van der Waals surface area contributed by atoms with Crippen LogP contribution < -0.4 is 11.1 Å². The predicted molar refractivity (Wildman–Crippen MR) is 84.2 cm³/mol. The molecule has 0 atom stereocenters. The van der Waals surface area contributed by atoms with Crippen LogP contribution in [0.25, 0.3) is 0 Å². The highest BCUT2D eigenvalue weighted by Crippen LogP contribution is 2.25. The number of hydrogen-bond donors (Lipinski definition) is 2. The minimum absolute atomic E-state index is 0. The minimum Gasteiger partial charge on any atom is -0.351 e. The van der Waals surface area contributed by atoms with E-state index < -0.39 is 0 Å². The van der Waals surface area contributed by atoms with Gasteiger partial charge in [0.15, 0.2) is 0 Å². The first-order chi connectivity index (χ1) is 9.24. The van der Waals surface area contributed by atoms with Crippen LogP contribution in [0.15, 0.2) is 24.3 Å². The number of halogens is 1. The molecule has 20 heavy (non-hydrogen) atoms.